The first-order valence-corrected chi connectivity index (χ1v) is 10.2. The van der Waals surface area contributed by atoms with Crippen LogP contribution >= 0.6 is 34.4 Å². The highest BCUT2D eigenvalue weighted by atomic mass is 32.2. The summed E-state index contributed by atoms with van der Waals surface area (Å²) in [5.74, 6) is 0.822. The van der Waals surface area contributed by atoms with Crippen LogP contribution in [0, 0.1) is 6.92 Å². The van der Waals surface area contributed by atoms with Crippen LogP contribution in [0.2, 0.25) is 0 Å². The Balaban J connectivity index is 1.70. The molecule has 0 aliphatic carbocycles. The second-order valence-electron chi connectivity index (χ2n) is 5.43. The van der Waals surface area contributed by atoms with Gasteiger partial charge in [-0.1, -0.05) is 47.7 Å². The van der Waals surface area contributed by atoms with Gasteiger partial charge in [0.15, 0.2) is 5.16 Å². The van der Waals surface area contributed by atoms with Gasteiger partial charge in [-0.25, -0.2) is 4.98 Å². The fourth-order valence-electron chi connectivity index (χ4n) is 2.48. The molecule has 1 N–H and O–H groups in total. The monoisotopic (exact) mass is 370 g/mol. The lowest BCUT2D eigenvalue weighted by Crippen LogP contribution is -2.08. The van der Waals surface area contributed by atoms with Crippen LogP contribution in [0.25, 0.3) is 21.3 Å². The topological polar surface area (TPSA) is 45.8 Å². The van der Waals surface area contributed by atoms with Crippen LogP contribution in [0.3, 0.4) is 0 Å². The number of aromatic nitrogens is 2. The molecule has 1 aromatic carbocycles. The van der Waals surface area contributed by atoms with E-state index in [1.807, 2.05) is 11.4 Å². The van der Waals surface area contributed by atoms with E-state index in [1.54, 1.807) is 23.1 Å². The Hall–Kier alpha value is -1.89. The largest absolute Gasteiger partial charge is 0.301 e. The third-order valence-corrected chi connectivity index (χ3v) is 6.57. The van der Waals surface area contributed by atoms with Gasteiger partial charge in [-0.3, -0.25) is 4.79 Å². The number of thiophene rings is 2. The number of fused-ring (bicyclic) bond motifs is 1. The summed E-state index contributed by atoms with van der Waals surface area (Å²) in [6.45, 7) is 2.06. The SMILES string of the molecule is Cc1ccc(-c2csc3nc(SCc4cccs4)[nH]c(=O)c23)cc1. The molecule has 4 rings (SSSR count). The van der Waals surface area contributed by atoms with Crippen LogP contribution < -0.4 is 5.56 Å². The zero-order chi connectivity index (χ0) is 16.5. The minimum absolute atomic E-state index is 0.0643. The standard InChI is InChI=1S/C18H14N2OS3/c1-11-4-6-12(7-5-11)14-10-23-17-15(14)16(21)19-18(20-17)24-9-13-3-2-8-22-13/h2-8,10H,9H2,1H3,(H,19,20,21). The number of rotatable bonds is 4. The Morgan fingerprint density at radius 2 is 2.00 bits per heavy atom. The van der Waals surface area contributed by atoms with Crippen LogP contribution in [0.1, 0.15) is 10.4 Å². The van der Waals surface area contributed by atoms with Gasteiger partial charge in [-0.2, -0.15) is 0 Å². The summed E-state index contributed by atoms with van der Waals surface area (Å²) >= 11 is 4.80. The van der Waals surface area contributed by atoms with E-state index in [0.717, 1.165) is 21.7 Å². The van der Waals surface area contributed by atoms with Gasteiger partial charge in [-0.15, -0.1) is 22.7 Å². The molecule has 24 heavy (non-hydrogen) atoms. The van der Waals surface area contributed by atoms with Crippen molar-refractivity contribution in [2.24, 2.45) is 0 Å². The van der Waals surface area contributed by atoms with Crippen LogP contribution in [-0.4, -0.2) is 9.97 Å². The lowest BCUT2D eigenvalue weighted by atomic mass is 10.1. The van der Waals surface area contributed by atoms with Crippen molar-refractivity contribution >= 4 is 44.7 Å². The van der Waals surface area contributed by atoms with Crippen molar-refractivity contribution < 1.29 is 0 Å². The van der Waals surface area contributed by atoms with Gasteiger partial charge in [0.2, 0.25) is 0 Å². The van der Waals surface area contributed by atoms with Gasteiger partial charge in [0, 0.05) is 21.6 Å². The van der Waals surface area contributed by atoms with Crippen molar-refractivity contribution in [1.82, 2.24) is 9.97 Å². The predicted molar refractivity (Wildman–Crippen MR) is 104 cm³/mol. The average molecular weight is 371 g/mol. The Morgan fingerprint density at radius 1 is 1.17 bits per heavy atom. The third kappa shape index (κ3) is 3.05. The van der Waals surface area contributed by atoms with E-state index < -0.39 is 0 Å². The molecule has 0 unspecified atom stereocenters. The van der Waals surface area contributed by atoms with Gasteiger partial charge in [0.05, 0.1) is 5.39 Å². The molecule has 0 fully saturated rings. The number of aryl methyl sites for hydroxylation is 1. The van der Waals surface area contributed by atoms with Crippen LogP contribution in [0.4, 0.5) is 0 Å². The third-order valence-electron chi connectivity index (χ3n) is 3.72. The van der Waals surface area contributed by atoms with E-state index in [2.05, 4.69) is 52.6 Å². The van der Waals surface area contributed by atoms with Crippen LogP contribution in [-0.2, 0) is 5.75 Å². The molecule has 0 atom stereocenters. The molecule has 0 amide bonds. The first-order valence-electron chi connectivity index (χ1n) is 7.44. The molecule has 3 nitrogen and oxygen atoms in total. The summed E-state index contributed by atoms with van der Waals surface area (Å²) < 4.78 is 0. The second kappa shape index (κ2) is 6.55. The molecule has 120 valence electrons. The smallest absolute Gasteiger partial charge is 0.260 e. The molecular formula is C18H14N2OS3. The zero-order valence-electron chi connectivity index (χ0n) is 12.9. The van der Waals surface area contributed by atoms with Gasteiger partial charge in [-0.05, 0) is 23.9 Å². The van der Waals surface area contributed by atoms with Gasteiger partial charge in [0.25, 0.3) is 5.56 Å². The number of nitrogens with one attached hydrogen (secondary N) is 1. The minimum atomic E-state index is -0.0643. The zero-order valence-corrected chi connectivity index (χ0v) is 15.4. The quantitative estimate of drug-likeness (QED) is 0.391. The van der Waals surface area contributed by atoms with Crippen molar-refractivity contribution in [1.29, 1.82) is 0 Å². The maximum Gasteiger partial charge on any atom is 0.260 e. The fraction of sp³-hybridized carbons (Fsp3) is 0.111. The van der Waals surface area contributed by atoms with Crippen molar-refractivity contribution in [2.75, 3.05) is 0 Å². The highest BCUT2D eigenvalue weighted by molar-refractivity contribution is 7.98. The number of aromatic amines is 1. The molecule has 0 aliphatic heterocycles. The molecule has 6 heteroatoms. The molecule has 0 bridgehead atoms. The number of hydrogen-bond donors (Lipinski definition) is 1. The van der Waals surface area contributed by atoms with Gasteiger partial charge in [0.1, 0.15) is 4.83 Å². The van der Waals surface area contributed by atoms with E-state index in [-0.39, 0.29) is 5.56 Å². The molecule has 0 saturated heterocycles. The normalized spacial score (nSPS) is 11.2. The van der Waals surface area contributed by atoms with Crippen molar-refractivity contribution in [2.45, 2.75) is 17.8 Å². The molecule has 3 heterocycles. The minimum Gasteiger partial charge on any atom is -0.301 e. The molecule has 3 aromatic heterocycles. The number of benzene rings is 1. The Bertz CT molecular complexity index is 1030. The molecule has 0 saturated carbocycles. The maximum atomic E-state index is 12.6. The van der Waals surface area contributed by atoms with Crippen molar-refractivity contribution in [3.05, 3.63) is 68.0 Å². The highest BCUT2D eigenvalue weighted by Crippen LogP contribution is 2.32. The molecule has 0 radical (unpaired) electrons. The van der Waals surface area contributed by atoms with E-state index in [4.69, 9.17) is 0 Å². The number of nitrogens with zero attached hydrogens (tertiary/aromatic N) is 1. The van der Waals surface area contributed by atoms with E-state index in [9.17, 15) is 4.79 Å². The highest BCUT2D eigenvalue weighted by Gasteiger charge is 2.13. The molecule has 0 aliphatic rings. The number of hydrogen-bond acceptors (Lipinski definition) is 5. The Labute approximate surface area is 151 Å². The van der Waals surface area contributed by atoms with Gasteiger partial charge >= 0.3 is 0 Å². The molecule has 4 aromatic rings. The maximum absolute atomic E-state index is 12.6. The van der Waals surface area contributed by atoms with Crippen molar-refractivity contribution in [3.63, 3.8) is 0 Å². The van der Waals surface area contributed by atoms with Crippen molar-refractivity contribution in [3.8, 4) is 11.1 Å². The lowest BCUT2D eigenvalue weighted by molar-refractivity contribution is 0.980. The summed E-state index contributed by atoms with van der Waals surface area (Å²) in [6, 6.07) is 12.4. The first-order chi connectivity index (χ1) is 11.7. The Kier molecular flexibility index (Phi) is 4.26. The molecular weight excluding hydrogens is 356 g/mol. The van der Waals surface area contributed by atoms with Crippen LogP contribution in [0.5, 0.6) is 0 Å². The average Bonchev–Trinajstić information content (AvgIpc) is 3.23. The molecule has 0 spiro atoms. The van der Waals surface area contributed by atoms with E-state index in [1.165, 1.54) is 21.8 Å². The summed E-state index contributed by atoms with van der Waals surface area (Å²) in [5.41, 5.74) is 3.15. The predicted octanol–water partition coefficient (Wildman–Crippen LogP) is 5.31. The fourth-order valence-corrected chi connectivity index (χ4v) is 5.12. The number of H-pyrrole nitrogens is 1. The first kappa shape index (κ1) is 15.6. The second-order valence-corrected chi connectivity index (χ2v) is 8.29. The lowest BCUT2D eigenvalue weighted by Gasteiger charge is -2.02. The summed E-state index contributed by atoms with van der Waals surface area (Å²) in [4.78, 5) is 22.2. The van der Waals surface area contributed by atoms with E-state index in [0.29, 0.717) is 10.5 Å². The number of thioether (sulfide) groups is 1. The van der Waals surface area contributed by atoms with E-state index >= 15 is 0 Å². The summed E-state index contributed by atoms with van der Waals surface area (Å²) in [6.07, 6.45) is 0. The Morgan fingerprint density at radius 3 is 2.75 bits per heavy atom. The van der Waals surface area contributed by atoms with Gasteiger partial charge < -0.3 is 4.98 Å². The van der Waals surface area contributed by atoms with Crippen LogP contribution in [0.15, 0.2) is 57.1 Å². The summed E-state index contributed by atoms with van der Waals surface area (Å²) in [5, 5.41) is 5.44. The summed E-state index contributed by atoms with van der Waals surface area (Å²) in [7, 11) is 0.